The standard InChI is InChI=1S/C7H16N2O/c1-8-5-7-6-9(2)3-4-10-7/h7-8H,3-6H2,1-2H3/t7-/m1/s1. The molecular weight excluding hydrogens is 128 g/mol. The normalized spacial score (nSPS) is 28.8. The van der Waals surface area contributed by atoms with Crippen molar-refractivity contribution in [2.24, 2.45) is 0 Å². The highest BCUT2D eigenvalue weighted by atomic mass is 16.5. The number of morpholine rings is 1. The highest BCUT2D eigenvalue weighted by Gasteiger charge is 2.15. The number of likely N-dealkylation sites (N-methyl/N-ethyl adjacent to an activating group) is 2. The van der Waals surface area contributed by atoms with Gasteiger partial charge in [0.1, 0.15) is 0 Å². The van der Waals surface area contributed by atoms with Gasteiger partial charge in [0.05, 0.1) is 12.7 Å². The Morgan fingerprint density at radius 3 is 3.10 bits per heavy atom. The highest BCUT2D eigenvalue weighted by molar-refractivity contribution is 4.69. The molecule has 1 aliphatic rings. The van der Waals surface area contributed by atoms with Gasteiger partial charge in [-0.3, -0.25) is 0 Å². The van der Waals surface area contributed by atoms with Crippen molar-refractivity contribution in [1.82, 2.24) is 10.2 Å². The van der Waals surface area contributed by atoms with E-state index in [9.17, 15) is 0 Å². The molecule has 10 heavy (non-hydrogen) atoms. The van der Waals surface area contributed by atoms with Gasteiger partial charge in [-0.15, -0.1) is 0 Å². The molecule has 0 aromatic rings. The van der Waals surface area contributed by atoms with E-state index in [1.54, 1.807) is 0 Å². The summed E-state index contributed by atoms with van der Waals surface area (Å²) in [6.07, 6.45) is 0.392. The van der Waals surface area contributed by atoms with Gasteiger partial charge in [0.2, 0.25) is 0 Å². The minimum Gasteiger partial charge on any atom is -0.374 e. The van der Waals surface area contributed by atoms with Crippen molar-refractivity contribution in [2.75, 3.05) is 40.3 Å². The van der Waals surface area contributed by atoms with Crippen LogP contribution in [0.3, 0.4) is 0 Å². The number of hydrogen-bond donors (Lipinski definition) is 1. The molecule has 1 fully saturated rings. The van der Waals surface area contributed by atoms with E-state index in [1.165, 1.54) is 0 Å². The molecule has 0 amide bonds. The second-order valence-electron chi connectivity index (χ2n) is 2.81. The zero-order valence-electron chi connectivity index (χ0n) is 6.76. The van der Waals surface area contributed by atoms with Gasteiger partial charge in [-0.05, 0) is 14.1 Å². The lowest BCUT2D eigenvalue weighted by atomic mass is 10.3. The Hall–Kier alpha value is -0.120. The predicted molar refractivity (Wildman–Crippen MR) is 41.2 cm³/mol. The average molecular weight is 144 g/mol. The van der Waals surface area contributed by atoms with Crippen LogP contribution in [0.4, 0.5) is 0 Å². The fraction of sp³-hybridized carbons (Fsp3) is 1.00. The largest absolute Gasteiger partial charge is 0.374 e. The molecule has 0 spiro atoms. The van der Waals surface area contributed by atoms with Crippen molar-refractivity contribution in [3.63, 3.8) is 0 Å². The van der Waals surface area contributed by atoms with Crippen molar-refractivity contribution >= 4 is 0 Å². The van der Waals surface area contributed by atoms with Gasteiger partial charge in [0, 0.05) is 19.6 Å². The lowest BCUT2D eigenvalue weighted by Gasteiger charge is -2.29. The van der Waals surface area contributed by atoms with E-state index < -0.39 is 0 Å². The van der Waals surface area contributed by atoms with Gasteiger partial charge >= 0.3 is 0 Å². The third-order valence-corrected chi connectivity index (χ3v) is 1.77. The van der Waals surface area contributed by atoms with Crippen LogP contribution in [-0.2, 0) is 4.74 Å². The first-order chi connectivity index (χ1) is 4.83. The Kier molecular flexibility index (Phi) is 3.12. The number of nitrogens with one attached hydrogen (secondary N) is 1. The average Bonchev–Trinajstić information content (AvgIpc) is 1.88. The summed E-state index contributed by atoms with van der Waals surface area (Å²) in [5, 5.41) is 3.11. The summed E-state index contributed by atoms with van der Waals surface area (Å²) in [5.74, 6) is 0. The zero-order valence-corrected chi connectivity index (χ0v) is 6.76. The first kappa shape index (κ1) is 7.98. The van der Waals surface area contributed by atoms with Gasteiger partial charge in [-0.25, -0.2) is 0 Å². The summed E-state index contributed by atoms with van der Waals surface area (Å²) in [7, 11) is 4.09. The molecule has 0 bridgehead atoms. The lowest BCUT2D eigenvalue weighted by molar-refractivity contribution is -0.0172. The molecule has 1 atom stereocenters. The molecule has 0 unspecified atom stereocenters. The molecule has 0 aliphatic carbocycles. The van der Waals surface area contributed by atoms with E-state index in [4.69, 9.17) is 4.74 Å². The van der Waals surface area contributed by atoms with Crippen molar-refractivity contribution in [1.29, 1.82) is 0 Å². The molecule has 0 radical (unpaired) electrons. The third-order valence-electron chi connectivity index (χ3n) is 1.77. The first-order valence-electron chi connectivity index (χ1n) is 3.77. The first-order valence-corrected chi connectivity index (χ1v) is 3.77. The van der Waals surface area contributed by atoms with Crippen LogP contribution >= 0.6 is 0 Å². The van der Waals surface area contributed by atoms with E-state index in [-0.39, 0.29) is 0 Å². The maximum atomic E-state index is 5.48. The van der Waals surface area contributed by atoms with Gasteiger partial charge in [0.25, 0.3) is 0 Å². The molecule has 1 aliphatic heterocycles. The highest BCUT2D eigenvalue weighted by Crippen LogP contribution is 2.00. The molecule has 1 saturated heterocycles. The maximum absolute atomic E-state index is 5.48. The minimum absolute atomic E-state index is 0.392. The molecule has 0 aromatic carbocycles. The second kappa shape index (κ2) is 3.91. The number of hydrogen-bond acceptors (Lipinski definition) is 3. The Labute approximate surface area is 62.3 Å². The predicted octanol–water partition coefficient (Wildman–Crippen LogP) is -0.464. The van der Waals surface area contributed by atoms with Crippen LogP contribution < -0.4 is 5.32 Å². The van der Waals surface area contributed by atoms with Crippen LogP contribution in [0.1, 0.15) is 0 Å². The number of rotatable bonds is 2. The van der Waals surface area contributed by atoms with Crippen LogP contribution in [0.2, 0.25) is 0 Å². The molecule has 1 N–H and O–H groups in total. The summed E-state index contributed by atoms with van der Waals surface area (Å²) >= 11 is 0. The van der Waals surface area contributed by atoms with Crippen molar-refractivity contribution in [3.8, 4) is 0 Å². The van der Waals surface area contributed by atoms with Crippen molar-refractivity contribution in [3.05, 3.63) is 0 Å². The molecule has 60 valence electrons. The summed E-state index contributed by atoms with van der Waals surface area (Å²) in [6, 6.07) is 0. The number of ether oxygens (including phenoxy) is 1. The van der Waals surface area contributed by atoms with Crippen LogP contribution in [0.5, 0.6) is 0 Å². The number of nitrogens with zero attached hydrogens (tertiary/aromatic N) is 1. The zero-order chi connectivity index (χ0) is 7.40. The summed E-state index contributed by atoms with van der Waals surface area (Å²) in [4.78, 5) is 2.30. The van der Waals surface area contributed by atoms with E-state index in [2.05, 4.69) is 17.3 Å². The summed E-state index contributed by atoms with van der Waals surface area (Å²) < 4.78 is 5.48. The van der Waals surface area contributed by atoms with Crippen LogP contribution in [-0.4, -0.2) is 51.3 Å². The molecular formula is C7H16N2O. The lowest BCUT2D eigenvalue weighted by Crippen LogP contribution is -2.44. The van der Waals surface area contributed by atoms with Gasteiger partial charge in [-0.1, -0.05) is 0 Å². The fourth-order valence-electron chi connectivity index (χ4n) is 1.22. The smallest absolute Gasteiger partial charge is 0.0826 e. The van der Waals surface area contributed by atoms with Crippen LogP contribution in [0.15, 0.2) is 0 Å². The summed E-state index contributed by atoms with van der Waals surface area (Å²) in [5.41, 5.74) is 0. The van der Waals surface area contributed by atoms with E-state index in [1.807, 2.05) is 7.05 Å². The maximum Gasteiger partial charge on any atom is 0.0826 e. The molecule has 1 heterocycles. The van der Waals surface area contributed by atoms with Gasteiger partial charge < -0.3 is 15.0 Å². The molecule has 3 heteroatoms. The van der Waals surface area contributed by atoms with E-state index in [0.29, 0.717) is 6.10 Å². The Bertz CT molecular complexity index is 95.6. The van der Waals surface area contributed by atoms with Gasteiger partial charge in [-0.2, -0.15) is 0 Å². The minimum atomic E-state index is 0.392. The molecule has 1 rings (SSSR count). The summed E-state index contributed by atoms with van der Waals surface area (Å²) in [6.45, 7) is 3.97. The van der Waals surface area contributed by atoms with Crippen molar-refractivity contribution in [2.45, 2.75) is 6.10 Å². The quantitative estimate of drug-likeness (QED) is 0.567. The topological polar surface area (TPSA) is 24.5 Å². The van der Waals surface area contributed by atoms with Gasteiger partial charge in [0.15, 0.2) is 0 Å². The second-order valence-corrected chi connectivity index (χ2v) is 2.81. The van der Waals surface area contributed by atoms with Crippen LogP contribution in [0.25, 0.3) is 0 Å². The third kappa shape index (κ3) is 2.25. The Balaban J connectivity index is 2.18. The van der Waals surface area contributed by atoms with E-state index >= 15 is 0 Å². The Morgan fingerprint density at radius 1 is 1.70 bits per heavy atom. The molecule has 0 saturated carbocycles. The van der Waals surface area contributed by atoms with Crippen LogP contribution in [0, 0.1) is 0 Å². The SMILES string of the molecule is CNC[C@@H]1CN(C)CCO1. The monoisotopic (exact) mass is 144 g/mol. The van der Waals surface area contributed by atoms with E-state index in [0.717, 1.165) is 26.2 Å². The molecule has 0 aromatic heterocycles. The van der Waals surface area contributed by atoms with Crippen molar-refractivity contribution < 1.29 is 4.74 Å². The fourth-order valence-corrected chi connectivity index (χ4v) is 1.22. The molecule has 3 nitrogen and oxygen atoms in total. The Morgan fingerprint density at radius 2 is 2.50 bits per heavy atom.